The van der Waals surface area contributed by atoms with Crippen molar-refractivity contribution >= 4 is 41.3 Å². The summed E-state index contributed by atoms with van der Waals surface area (Å²) >= 11 is 3.39. The van der Waals surface area contributed by atoms with Crippen LogP contribution in [0.15, 0.2) is 29.4 Å². The van der Waals surface area contributed by atoms with Gasteiger partial charge in [-0.1, -0.05) is 12.1 Å². The number of rotatable bonds is 4. The average molecular weight is 309 g/mol. The highest BCUT2D eigenvalue weighted by atomic mass is 32.2. The first-order chi connectivity index (χ1) is 9.66. The molecule has 0 bridgehead atoms. The Hall–Kier alpha value is -1.14. The van der Waals surface area contributed by atoms with Gasteiger partial charge in [-0.05, 0) is 35.6 Å². The van der Waals surface area contributed by atoms with E-state index in [4.69, 9.17) is 0 Å². The zero-order valence-corrected chi connectivity index (χ0v) is 13.3. The molecule has 6 heteroatoms. The molecule has 0 unspecified atom stereocenters. The Labute approximate surface area is 128 Å². The number of thioether (sulfide) groups is 2. The molecule has 0 aliphatic carbocycles. The lowest BCUT2D eigenvalue weighted by atomic mass is 10.2. The second kappa shape index (κ2) is 7.59. The van der Waals surface area contributed by atoms with E-state index in [0.29, 0.717) is 0 Å². The van der Waals surface area contributed by atoms with Gasteiger partial charge in [0, 0.05) is 19.8 Å². The van der Waals surface area contributed by atoms with E-state index in [1.54, 1.807) is 29.7 Å². The SMILES string of the molecule is CN(C)c1ccc(/C=N/NC(=O)C2SCCCS2)cc1. The molecule has 0 aromatic heterocycles. The van der Waals surface area contributed by atoms with Crippen molar-refractivity contribution in [1.29, 1.82) is 0 Å². The van der Waals surface area contributed by atoms with Gasteiger partial charge in [0.25, 0.3) is 5.91 Å². The Morgan fingerprint density at radius 3 is 2.55 bits per heavy atom. The predicted octanol–water partition coefficient (Wildman–Crippen LogP) is 2.40. The first kappa shape index (κ1) is 15.3. The zero-order chi connectivity index (χ0) is 14.4. The van der Waals surface area contributed by atoms with E-state index in [9.17, 15) is 4.79 Å². The van der Waals surface area contributed by atoms with Crippen LogP contribution in [0.3, 0.4) is 0 Å². The number of amides is 1. The predicted molar refractivity (Wildman–Crippen MR) is 89.8 cm³/mol. The van der Waals surface area contributed by atoms with Crippen LogP contribution in [0, 0.1) is 0 Å². The summed E-state index contributed by atoms with van der Waals surface area (Å²) in [4.78, 5) is 13.9. The second-order valence-electron chi connectivity index (χ2n) is 4.65. The largest absolute Gasteiger partial charge is 0.378 e. The van der Waals surface area contributed by atoms with Crippen LogP contribution in [0.2, 0.25) is 0 Å². The Balaban J connectivity index is 1.84. The number of nitrogens with one attached hydrogen (secondary N) is 1. The van der Waals surface area contributed by atoms with E-state index >= 15 is 0 Å². The fourth-order valence-corrected chi connectivity index (χ4v) is 4.32. The quantitative estimate of drug-likeness (QED) is 0.685. The van der Waals surface area contributed by atoms with Crippen LogP contribution in [-0.2, 0) is 4.79 Å². The fraction of sp³-hybridized carbons (Fsp3) is 0.429. The van der Waals surface area contributed by atoms with Crippen molar-refractivity contribution in [2.75, 3.05) is 30.5 Å². The molecule has 0 spiro atoms. The van der Waals surface area contributed by atoms with E-state index < -0.39 is 0 Å². The van der Waals surface area contributed by atoms with Crippen LogP contribution >= 0.6 is 23.5 Å². The maximum absolute atomic E-state index is 11.9. The van der Waals surface area contributed by atoms with Crippen LogP contribution in [0.4, 0.5) is 5.69 Å². The van der Waals surface area contributed by atoms with Gasteiger partial charge < -0.3 is 4.90 Å². The third-order valence-electron chi connectivity index (χ3n) is 2.84. The van der Waals surface area contributed by atoms with Crippen molar-refractivity contribution in [3.05, 3.63) is 29.8 Å². The number of nitrogens with zero attached hydrogens (tertiary/aromatic N) is 2. The highest BCUT2D eigenvalue weighted by Gasteiger charge is 2.21. The highest BCUT2D eigenvalue weighted by molar-refractivity contribution is 8.18. The molecule has 4 nitrogen and oxygen atoms in total. The lowest BCUT2D eigenvalue weighted by Crippen LogP contribution is -2.29. The standard InChI is InChI=1S/C14H19N3OS2/c1-17(2)12-6-4-11(5-7-12)10-15-16-13(18)14-19-8-3-9-20-14/h4-7,10,14H,3,8-9H2,1-2H3,(H,16,18)/b15-10+. The van der Waals surface area contributed by atoms with Gasteiger partial charge >= 0.3 is 0 Å². The maximum Gasteiger partial charge on any atom is 0.263 e. The van der Waals surface area contributed by atoms with Crippen LogP contribution in [0.25, 0.3) is 0 Å². The summed E-state index contributed by atoms with van der Waals surface area (Å²) < 4.78 is -0.0167. The maximum atomic E-state index is 11.9. The summed E-state index contributed by atoms with van der Waals surface area (Å²) in [6, 6.07) is 8.01. The molecule has 2 rings (SSSR count). The molecule has 1 aromatic rings. The molecule has 20 heavy (non-hydrogen) atoms. The van der Waals surface area contributed by atoms with Crippen molar-refractivity contribution in [2.24, 2.45) is 5.10 Å². The molecular weight excluding hydrogens is 290 g/mol. The van der Waals surface area contributed by atoms with E-state index in [2.05, 4.69) is 10.5 Å². The van der Waals surface area contributed by atoms with Crippen molar-refractivity contribution in [1.82, 2.24) is 5.43 Å². The molecule has 1 aromatic carbocycles. The Morgan fingerprint density at radius 2 is 1.95 bits per heavy atom. The summed E-state index contributed by atoms with van der Waals surface area (Å²) in [6.45, 7) is 0. The van der Waals surface area contributed by atoms with Crippen LogP contribution in [0.1, 0.15) is 12.0 Å². The molecule has 1 aliphatic rings. The molecule has 1 fully saturated rings. The highest BCUT2D eigenvalue weighted by Crippen LogP contribution is 2.30. The summed E-state index contributed by atoms with van der Waals surface area (Å²) in [5.74, 6) is 2.10. The number of hydrazone groups is 1. The molecule has 1 heterocycles. The minimum atomic E-state index is -0.0167. The minimum absolute atomic E-state index is 0.0131. The number of carbonyl (C=O) groups excluding carboxylic acids is 1. The van der Waals surface area contributed by atoms with E-state index in [-0.39, 0.29) is 10.5 Å². The van der Waals surface area contributed by atoms with Gasteiger partial charge in [0.05, 0.1) is 6.21 Å². The topological polar surface area (TPSA) is 44.7 Å². The van der Waals surface area contributed by atoms with Crippen molar-refractivity contribution in [3.8, 4) is 0 Å². The molecular formula is C14H19N3OS2. The van der Waals surface area contributed by atoms with Gasteiger partial charge in [0.2, 0.25) is 0 Å². The molecule has 0 radical (unpaired) electrons. The first-order valence-corrected chi connectivity index (χ1v) is 8.60. The van der Waals surface area contributed by atoms with Crippen LogP contribution in [0.5, 0.6) is 0 Å². The van der Waals surface area contributed by atoms with Gasteiger partial charge in [-0.15, -0.1) is 23.5 Å². The molecule has 0 saturated carbocycles. The van der Waals surface area contributed by atoms with Gasteiger partial charge in [-0.3, -0.25) is 4.79 Å². The Kier molecular flexibility index (Phi) is 5.79. The van der Waals surface area contributed by atoms with Crippen LogP contribution in [-0.4, -0.2) is 42.3 Å². The van der Waals surface area contributed by atoms with Gasteiger partial charge in [-0.2, -0.15) is 5.10 Å². The van der Waals surface area contributed by atoms with Gasteiger partial charge in [0.15, 0.2) is 0 Å². The summed E-state index contributed by atoms with van der Waals surface area (Å²) in [5, 5.41) is 4.03. The molecule has 1 amide bonds. The number of carbonyl (C=O) groups is 1. The Morgan fingerprint density at radius 1 is 1.30 bits per heavy atom. The number of hydrogen-bond donors (Lipinski definition) is 1. The van der Waals surface area contributed by atoms with Gasteiger partial charge in [0.1, 0.15) is 4.58 Å². The zero-order valence-electron chi connectivity index (χ0n) is 11.7. The average Bonchev–Trinajstić information content (AvgIpc) is 2.48. The third-order valence-corrected chi connectivity index (χ3v) is 5.74. The van der Waals surface area contributed by atoms with Gasteiger partial charge in [-0.25, -0.2) is 5.43 Å². The van der Waals surface area contributed by atoms with Crippen molar-refractivity contribution in [3.63, 3.8) is 0 Å². The number of benzene rings is 1. The van der Waals surface area contributed by atoms with E-state index in [0.717, 1.165) is 22.8 Å². The summed E-state index contributed by atoms with van der Waals surface area (Å²) in [7, 11) is 4.01. The normalized spacial score (nSPS) is 16.3. The van der Waals surface area contributed by atoms with E-state index in [1.165, 1.54) is 6.42 Å². The monoisotopic (exact) mass is 309 g/mol. The third kappa shape index (κ3) is 4.45. The van der Waals surface area contributed by atoms with Crippen molar-refractivity contribution < 1.29 is 4.79 Å². The number of hydrogen-bond acceptors (Lipinski definition) is 5. The molecule has 1 saturated heterocycles. The first-order valence-electron chi connectivity index (χ1n) is 6.50. The molecule has 0 atom stereocenters. The molecule has 108 valence electrons. The van der Waals surface area contributed by atoms with Crippen LogP contribution < -0.4 is 10.3 Å². The minimum Gasteiger partial charge on any atom is -0.378 e. The number of anilines is 1. The smallest absolute Gasteiger partial charge is 0.263 e. The van der Waals surface area contributed by atoms with E-state index in [1.807, 2.05) is 43.3 Å². The lowest BCUT2D eigenvalue weighted by Gasteiger charge is -2.18. The second-order valence-corrected chi connectivity index (χ2v) is 7.37. The molecule has 1 N–H and O–H groups in total. The lowest BCUT2D eigenvalue weighted by molar-refractivity contribution is -0.119. The Bertz CT molecular complexity index is 468. The molecule has 1 aliphatic heterocycles. The fourth-order valence-electron chi connectivity index (χ4n) is 1.72. The summed E-state index contributed by atoms with van der Waals surface area (Å²) in [5.41, 5.74) is 4.73. The van der Waals surface area contributed by atoms with Crippen molar-refractivity contribution in [2.45, 2.75) is 11.0 Å². The summed E-state index contributed by atoms with van der Waals surface area (Å²) in [6.07, 6.45) is 2.86.